The van der Waals surface area contributed by atoms with Crippen LogP contribution < -0.4 is 5.32 Å². The van der Waals surface area contributed by atoms with Crippen LogP contribution in [0.2, 0.25) is 0 Å². The summed E-state index contributed by atoms with van der Waals surface area (Å²) in [4.78, 5) is 16.5. The molecule has 2 unspecified atom stereocenters. The van der Waals surface area contributed by atoms with Crippen LogP contribution >= 0.6 is 0 Å². The van der Waals surface area contributed by atoms with Crippen LogP contribution in [0.15, 0.2) is 0 Å². The summed E-state index contributed by atoms with van der Waals surface area (Å²) >= 11 is 0. The van der Waals surface area contributed by atoms with Crippen LogP contribution in [0.3, 0.4) is 0 Å². The van der Waals surface area contributed by atoms with Crippen LogP contribution in [0, 0.1) is 22.7 Å². The summed E-state index contributed by atoms with van der Waals surface area (Å²) in [6.45, 7) is 11.6. The lowest BCUT2D eigenvalue weighted by atomic mass is 9.71. The van der Waals surface area contributed by atoms with Gasteiger partial charge in [0.2, 0.25) is 5.91 Å². The Morgan fingerprint density at radius 2 is 2.04 bits per heavy atom. The predicted octanol–water partition coefficient (Wildman–Crippen LogP) is 1.57. The zero-order chi connectivity index (χ0) is 19.7. The third kappa shape index (κ3) is 4.13. The third-order valence-corrected chi connectivity index (χ3v) is 7.37. The molecule has 0 spiro atoms. The van der Waals surface area contributed by atoms with Crippen molar-refractivity contribution in [3.8, 4) is 6.07 Å². The molecule has 1 N–H and O–H groups in total. The number of ether oxygens (including phenoxy) is 1. The second-order valence-corrected chi connectivity index (χ2v) is 9.08. The number of halogens is 1. The minimum Gasteiger partial charge on any atom is -0.379 e. The van der Waals surface area contributed by atoms with Crippen molar-refractivity contribution >= 4 is 5.91 Å². The molecule has 3 aliphatic rings. The first-order valence-electron chi connectivity index (χ1n) is 10.1. The van der Waals surface area contributed by atoms with Gasteiger partial charge in [0, 0.05) is 31.6 Å². The van der Waals surface area contributed by atoms with Gasteiger partial charge in [-0.05, 0) is 31.1 Å². The van der Waals surface area contributed by atoms with Crippen molar-refractivity contribution in [1.29, 1.82) is 5.26 Å². The van der Waals surface area contributed by atoms with E-state index in [0.717, 1.165) is 45.7 Å². The summed E-state index contributed by atoms with van der Waals surface area (Å²) < 4.78 is 19.1. The molecule has 6 nitrogen and oxygen atoms in total. The number of alkyl halides is 1. The molecule has 4 atom stereocenters. The van der Waals surface area contributed by atoms with Gasteiger partial charge in [0.25, 0.3) is 0 Å². The number of nitriles is 1. The summed E-state index contributed by atoms with van der Waals surface area (Å²) in [5.74, 6) is 0.382. The standard InChI is InChI=1S/C20H33FN4O2/c1-19(2)15(13-24-6-8-27-9-7-24)4-5-20(19,3)23-12-18(26)25-14-16(21)10-17(25)11-22/h15-17,23H,4-10,12-14H2,1-3H3/t15-,16?,17?,20-/m1/s1. The van der Waals surface area contributed by atoms with Gasteiger partial charge in [-0.3, -0.25) is 9.69 Å². The zero-order valence-corrected chi connectivity index (χ0v) is 16.8. The van der Waals surface area contributed by atoms with Crippen molar-refractivity contribution < 1.29 is 13.9 Å². The van der Waals surface area contributed by atoms with E-state index in [2.05, 4.69) is 37.1 Å². The topological polar surface area (TPSA) is 68.6 Å². The normalized spacial score (nSPS) is 36.7. The highest BCUT2D eigenvalue weighted by molar-refractivity contribution is 5.79. The van der Waals surface area contributed by atoms with E-state index in [0.29, 0.717) is 5.92 Å². The molecule has 1 aliphatic carbocycles. The Labute approximate surface area is 162 Å². The van der Waals surface area contributed by atoms with Crippen molar-refractivity contribution in [1.82, 2.24) is 15.1 Å². The third-order valence-electron chi connectivity index (χ3n) is 7.37. The SMILES string of the molecule is CC1(C)[C@@H](CN2CCOCC2)CC[C@@]1(C)NCC(=O)N1CC(F)CC1C#N. The fourth-order valence-corrected chi connectivity index (χ4v) is 4.88. The molecule has 0 bridgehead atoms. The number of nitrogens with zero attached hydrogens (tertiary/aromatic N) is 3. The number of hydrogen-bond donors (Lipinski definition) is 1. The maximum atomic E-state index is 13.6. The minimum atomic E-state index is -1.09. The van der Waals surface area contributed by atoms with Gasteiger partial charge in [0.1, 0.15) is 12.2 Å². The molecular formula is C20H33FN4O2. The van der Waals surface area contributed by atoms with Gasteiger partial charge in [-0.15, -0.1) is 0 Å². The Bertz CT molecular complexity index is 587. The maximum absolute atomic E-state index is 13.6. The lowest BCUT2D eigenvalue weighted by Gasteiger charge is -2.44. The largest absolute Gasteiger partial charge is 0.379 e. The Kier molecular flexibility index (Phi) is 6.09. The molecule has 0 aromatic carbocycles. The molecule has 3 rings (SSSR count). The van der Waals surface area contributed by atoms with Crippen molar-refractivity contribution in [2.45, 2.75) is 57.8 Å². The lowest BCUT2D eigenvalue weighted by Crippen LogP contribution is -2.56. The molecule has 1 saturated carbocycles. The number of hydrogen-bond acceptors (Lipinski definition) is 5. The first-order chi connectivity index (χ1) is 12.8. The lowest BCUT2D eigenvalue weighted by molar-refractivity contribution is -0.131. The van der Waals surface area contributed by atoms with Crippen LogP contribution in [-0.4, -0.2) is 79.4 Å². The molecule has 2 heterocycles. The van der Waals surface area contributed by atoms with E-state index in [1.165, 1.54) is 4.90 Å². The molecule has 2 aliphatic heterocycles. The van der Waals surface area contributed by atoms with E-state index in [1.54, 1.807) is 0 Å². The minimum absolute atomic E-state index is 0.0356. The fraction of sp³-hybridized carbons (Fsp3) is 0.900. The predicted molar refractivity (Wildman–Crippen MR) is 101 cm³/mol. The summed E-state index contributed by atoms with van der Waals surface area (Å²) in [7, 11) is 0. The van der Waals surface area contributed by atoms with E-state index in [9.17, 15) is 9.18 Å². The molecule has 0 aromatic heterocycles. The number of rotatable bonds is 5. The van der Waals surface area contributed by atoms with E-state index >= 15 is 0 Å². The zero-order valence-electron chi connectivity index (χ0n) is 16.8. The first-order valence-corrected chi connectivity index (χ1v) is 10.1. The molecular weight excluding hydrogens is 347 g/mol. The Hall–Kier alpha value is -1.23. The molecule has 0 aromatic rings. The van der Waals surface area contributed by atoms with Crippen molar-refractivity contribution in [2.75, 3.05) is 45.9 Å². The smallest absolute Gasteiger partial charge is 0.237 e. The highest BCUT2D eigenvalue weighted by atomic mass is 19.1. The highest BCUT2D eigenvalue weighted by Gasteiger charge is 2.51. The molecule has 1 amide bonds. The Morgan fingerprint density at radius 1 is 1.33 bits per heavy atom. The average Bonchev–Trinajstić information content (AvgIpc) is 3.13. The van der Waals surface area contributed by atoms with Gasteiger partial charge < -0.3 is 15.0 Å². The average molecular weight is 381 g/mol. The molecule has 2 saturated heterocycles. The van der Waals surface area contributed by atoms with Gasteiger partial charge >= 0.3 is 0 Å². The number of nitrogens with one attached hydrogen (secondary N) is 1. The van der Waals surface area contributed by atoms with Crippen molar-refractivity contribution in [3.63, 3.8) is 0 Å². The fourth-order valence-electron chi connectivity index (χ4n) is 4.88. The summed E-state index contributed by atoms with van der Waals surface area (Å²) in [5.41, 5.74) is -0.121. The number of likely N-dealkylation sites (tertiary alicyclic amines) is 1. The van der Waals surface area contributed by atoms with Gasteiger partial charge in [0.15, 0.2) is 0 Å². The van der Waals surface area contributed by atoms with Gasteiger partial charge in [-0.2, -0.15) is 5.26 Å². The second kappa shape index (κ2) is 8.02. The van der Waals surface area contributed by atoms with Gasteiger partial charge in [-0.1, -0.05) is 13.8 Å². The van der Waals surface area contributed by atoms with Crippen LogP contribution in [0.1, 0.15) is 40.0 Å². The van der Waals surface area contributed by atoms with E-state index < -0.39 is 12.2 Å². The van der Waals surface area contributed by atoms with Crippen LogP contribution in [-0.2, 0) is 9.53 Å². The summed E-state index contributed by atoms with van der Waals surface area (Å²) in [6.07, 6.45) is 1.18. The Morgan fingerprint density at radius 3 is 2.70 bits per heavy atom. The first kappa shape index (κ1) is 20.5. The number of carbonyl (C=O) groups excluding carboxylic acids is 1. The summed E-state index contributed by atoms with van der Waals surface area (Å²) in [6, 6.07) is 1.42. The molecule has 3 fully saturated rings. The molecule has 27 heavy (non-hydrogen) atoms. The Balaban J connectivity index is 1.57. The maximum Gasteiger partial charge on any atom is 0.237 e. The number of morpholine rings is 1. The van der Waals surface area contributed by atoms with Crippen molar-refractivity contribution in [2.24, 2.45) is 11.3 Å². The quantitative estimate of drug-likeness (QED) is 0.784. The number of amides is 1. The van der Waals surface area contributed by atoms with Gasteiger partial charge in [-0.25, -0.2) is 4.39 Å². The molecule has 0 radical (unpaired) electrons. The monoisotopic (exact) mass is 380 g/mol. The van der Waals surface area contributed by atoms with Crippen LogP contribution in [0.25, 0.3) is 0 Å². The van der Waals surface area contributed by atoms with E-state index in [-0.39, 0.29) is 36.4 Å². The van der Waals surface area contributed by atoms with Crippen molar-refractivity contribution in [3.05, 3.63) is 0 Å². The highest BCUT2D eigenvalue weighted by Crippen LogP contribution is 2.50. The summed E-state index contributed by atoms with van der Waals surface area (Å²) in [5, 5.41) is 12.6. The van der Waals surface area contributed by atoms with Crippen LogP contribution in [0.4, 0.5) is 4.39 Å². The second-order valence-electron chi connectivity index (χ2n) is 9.08. The van der Waals surface area contributed by atoms with Crippen LogP contribution in [0.5, 0.6) is 0 Å². The van der Waals surface area contributed by atoms with E-state index in [1.807, 2.05) is 0 Å². The van der Waals surface area contributed by atoms with E-state index in [4.69, 9.17) is 10.00 Å². The van der Waals surface area contributed by atoms with Gasteiger partial charge in [0.05, 0.1) is 32.4 Å². The number of carbonyl (C=O) groups is 1. The molecule has 7 heteroatoms. The molecule has 152 valence electrons.